The lowest BCUT2D eigenvalue weighted by atomic mass is 10.2. The summed E-state index contributed by atoms with van der Waals surface area (Å²) in [6.45, 7) is 2.41. The number of hydrogen-bond acceptors (Lipinski definition) is 4. The molecule has 0 radical (unpaired) electrons. The molecule has 114 valence electrons. The zero-order valence-electron chi connectivity index (χ0n) is 12.3. The maximum absolute atomic E-state index is 12.4. The Kier molecular flexibility index (Phi) is 3.91. The number of nitrogens with one attached hydrogen (secondary N) is 1. The number of pyridine rings is 1. The smallest absolute Gasteiger partial charge is 0.290 e. The molecule has 6 heteroatoms. The summed E-state index contributed by atoms with van der Waals surface area (Å²) in [5.41, 5.74) is 0.827. The predicted octanol–water partition coefficient (Wildman–Crippen LogP) is 2.23. The van der Waals surface area contributed by atoms with Gasteiger partial charge in [0.25, 0.3) is 5.91 Å². The second kappa shape index (κ2) is 6.01. The largest absolute Gasteiger partial charge is 0.459 e. The van der Waals surface area contributed by atoms with Gasteiger partial charge in [-0.3, -0.25) is 9.59 Å². The van der Waals surface area contributed by atoms with Gasteiger partial charge >= 0.3 is 0 Å². The third kappa shape index (κ3) is 2.86. The van der Waals surface area contributed by atoms with E-state index in [4.69, 9.17) is 4.42 Å². The first-order valence-corrected chi connectivity index (χ1v) is 7.24. The summed E-state index contributed by atoms with van der Waals surface area (Å²) in [6.07, 6.45) is 2.89. The van der Waals surface area contributed by atoms with Crippen LogP contribution in [0.1, 0.15) is 29.1 Å². The van der Waals surface area contributed by atoms with Crippen LogP contribution in [0.15, 0.2) is 41.0 Å². The number of hydrogen-bond donors (Lipinski definition) is 1. The van der Waals surface area contributed by atoms with Crippen molar-refractivity contribution in [2.45, 2.75) is 25.8 Å². The molecule has 1 aliphatic heterocycles. The maximum Gasteiger partial charge on any atom is 0.290 e. The molecule has 22 heavy (non-hydrogen) atoms. The van der Waals surface area contributed by atoms with Crippen LogP contribution in [0.2, 0.25) is 0 Å². The van der Waals surface area contributed by atoms with E-state index in [0.717, 1.165) is 12.1 Å². The third-order valence-electron chi connectivity index (χ3n) is 3.69. The number of likely N-dealkylation sites (tertiary alicyclic amines) is 1. The minimum absolute atomic E-state index is 0.212. The van der Waals surface area contributed by atoms with Gasteiger partial charge in [0.05, 0.1) is 6.26 Å². The van der Waals surface area contributed by atoms with Crippen LogP contribution < -0.4 is 5.32 Å². The van der Waals surface area contributed by atoms with Crippen molar-refractivity contribution in [3.05, 3.63) is 48.0 Å². The van der Waals surface area contributed by atoms with Gasteiger partial charge in [0.15, 0.2) is 5.76 Å². The summed E-state index contributed by atoms with van der Waals surface area (Å²) in [6, 6.07) is 8.21. The molecular weight excluding hydrogens is 282 g/mol. The fourth-order valence-electron chi connectivity index (χ4n) is 2.65. The van der Waals surface area contributed by atoms with Crippen molar-refractivity contribution in [3.63, 3.8) is 0 Å². The van der Waals surface area contributed by atoms with Crippen LogP contribution in [-0.4, -0.2) is 34.3 Å². The molecule has 0 aromatic carbocycles. The van der Waals surface area contributed by atoms with Crippen molar-refractivity contribution < 1.29 is 14.0 Å². The second-order valence-corrected chi connectivity index (χ2v) is 5.29. The number of carbonyl (C=O) groups excluding carboxylic acids is 2. The van der Waals surface area contributed by atoms with Crippen molar-refractivity contribution >= 4 is 17.6 Å². The monoisotopic (exact) mass is 299 g/mol. The highest BCUT2D eigenvalue weighted by atomic mass is 16.3. The van der Waals surface area contributed by atoms with Gasteiger partial charge in [-0.05, 0) is 44.0 Å². The van der Waals surface area contributed by atoms with Gasteiger partial charge in [0, 0.05) is 12.2 Å². The van der Waals surface area contributed by atoms with Crippen LogP contribution in [0.3, 0.4) is 0 Å². The summed E-state index contributed by atoms with van der Waals surface area (Å²) in [7, 11) is 0. The SMILES string of the molecule is Cc1cccc(NC(=O)[C@H]2CCCN2C(=O)c2ccco2)n1. The van der Waals surface area contributed by atoms with E-state index in [1.54, 1.807) is 23.1 Å². The van der Waals surface area contributed by atoms with E-state index in [1.165, 1.54) is 6.26 Å². The van der Waals surface area contributed by atoms with Crippen molar-refractivity contribution in [2.24, 2.45) is 0 Å². The first-order chi connectivity index (χ1) is 10.6. The van der Waals surface area contributed by atoms with Crippen LogP contribution in [0, 0.1) is 6.92 Å². The van der Waals surface area contributed by atoms with E-state index in [1.807, 2.05) is 19.1 Å². The Morgan fingerprint density at radius 1 is 1.32 bits per heavy atom. The fraction of sp³-hybridized carbons (Fsp3) is 0.312. The molecule has 2 aromatic rings. The van der Waals surface area contributed by atoms with Gasteiger partial charge in [0.1, 0.15) is 11.9 Å². The molecule has 1 N–H and O–H groups in total. The van der Waals surface area contributed by atoms with E-state index in [0.29, 0.717) is 18.8 Å². The van der Waals surface area contributed by atoms with Gasteiger partial charge in [-0.15, -0.1) is 0 Å². The number of amides is 2. The fourth-order valence-corrected chi connectivity index (χ4v) is 2.65. The topological polar surface area (TPSA) is 75.4 Å². The third-order valence-corrected chi connectivity index (χ3v) is 3.69. The first-order valence-electron chi connectivity index (χ1n) is 7.24. The Morgan fingerprint density at radius 3 is 2.91 bits per heavy atom. The highest BCUT2D eigenvalue weighted by Gasteiger charge is 2.35. The summed E-state index contributed by atoms with van der Waals surface area (Å²) in [5.74, 6) is 0.297. The van der Waals surface area contributed by atoms with Gasteiger partial charge in [0.2, 0.25) is 5.91 Å². The van der Waals surface area contributed by atoms with E-state index < -0.39 is 6.04 Å². The molecule has 0 bridgehead atoms. The molecule has 3 heterocycles. The van der Waals surface area contributed by atoms with E-state index in [2.05, 4.69) is 10.3 Å². The maximum atomic E-state index is 12.4. The number of rotatable bonds is 3. The normalized spacial score (nSPS) is 17.5. The summed E-state index contributed by atoms with van der Waals surface area (Å²) < 4.78 is 5.13. The summed E-state index contributed by atoms with van der Waals surface area (Å²) >= 11 is 0. The summed E-state index contributed by atoms with van der Waals surface area (Å²) in [4.78, 5) is 30.6. The van der Waals surface area contributed by atoms with Crippen molar-refractivity contribution in [1.29, 1.82) is 0 Å². The second-order valence-electron chi connectivity index (χ2n) is 5.29. The average molecular weight is 299 g/mol. The standard InChI is InChI=1S/C16H17N3O3/c1-11-5-2-8-14(17-11)18-15(20)12-6-3-9-19(12)16(21)13-7-4-10-22-13/h2,4-5,7-8,10,12H,3,6,9H2,1H3,(H,17,18,20)/t12-/m1/s1. The summed E-state index contributed by atoms with van der Waals surface area (Å²) in [5, 5.41) is 2.78. The molecule has 1 aliphatic rings. The molecule has 1 atom stereocenters. The molecule has 0 spiro atoms. The van der Waals surface area contributed by atoms with Crippen LogP contribution in [0.5, 0.6) is 0 Å². The minimum Gasteiger partial charge on any atom is -0.459 e. The van der Waals surface area contributed by atoms with E-state index in [-0.39, 0.29) is 17.6 Å². The van der Waals surface area contributed by atoms with E-state index >= 15 is 0 Å². The van der Waals surface area contributed by atoms with Crippen LogP contribution in [0.4, 0.5) is 5.82 Å². The Hall–Kier alpha value is -2.63. The predicted molar refractivity (Wildman–Crippen MR) is 80.4 cm³/mol. The Labute approximate surface area is 128 Å². The van der Waals surface area contributed by atoms with Crippen LogP contribution in [-0.2, 0) is 4.79 Å². The van der Waals surface area contributed by atoms with Crippen molar-refractivity contribution in [2.75, 3.05) is 11.9 Å². The number of anilines is 1. The Morgan fingerprint density at radius 2 is 2.18 bits per heavy atom. The van der Waals surface area contributed by atoms with Crippen molar-refractivity contribution in [3.8, 4) is 0 Å². The van der Waals surface area contributed by atoms with Gasteiger partial charge in [-0.1, -0.05) is 6.07 Å². The number of aryl methyl sites for hydroxylation is 1. The lowest BCUT2D eigenvalue weighted by Gasteiger charge is -2.22. The lowest BCUT2D eigenvalue weighted by molar-refractivity contribution is -0.119. The molecule has 1 saturated heterocycles. The Bertz CT molecular complexity index is 682. The molecule has 2 amide bonds. The number of carbonyl (C=O) groups is 2. The molecular formula is C16H17N3O3. The van der Waals surface area contributed by atoms with Gasteiger partial charge in [-0.25, -0.2) is 4.98 Å². The number of furan rings is 1. The molecule has 2 aromatic heterocycles. The highest BCUT2D eigenvalue weighted by Crippen LogP contribution is 2.21. The quantitative estimate of drug-likeness (QED) is 0.943. The molecule has 0 saturated carbocycles. The number of nitrogens with zero attached hydrogens (tertiary/aromatic N) is 2. The molecule has 0 aliphatic carbocycles. The Balaban J connectivity index is 1.72. The zero-order chi connectivity index (χ0) is 15.5. The zero-order valence-corrected chi connectivity index (χ0v) is 12.3. The first kappa shape index (κ1) is 14.3. The molecule has 1 fully saturated rings. The average Bonchev–Trinajstić information content (AvgIpc) is 3.18. The van der Waals surface area contributed by atoms with Gasteiger partial charge in [-0.2, -0.15) is 0 Å². The molecule has 3 rings (SSSR count). The van der Waals surface area contributed by atoms with Crippen LogP contribution >= 0.6 is 0 Å². The minimum atomic E-state index is -0.486. The molecule has 0 unspecified atom stereocenters. The van der Waals surface area contributed by atoms with Gasteiger partial charge < -0.3 is 14.6 Å². The van der Waals surface area contributed by atoms with Crippen molar-refractivity contribution in [1.82, 2.24) is 9.88 Å². The lowest BCUT2D eigenvalue weighted by Crippen LogP contribution is -2.43. The highest BCUT2D eigenvalue weighted by molar-refractivity contribution is 6.00. The van der Waals surface area contributed by atoms with Crippen LogP contribution in [0.25, 0.3) is 0 Å². The molecule has 6 nitrogen and oxygen atoms in total. The number of aromatic nitrogens is 1. The van der Waals surface area contributed by atoms with E-state index in [9.17, 15) is 9.59 Å².